The Morgan fingerprint density at radius 2 is 2.05 bits per heavy atom. The highest BCUT2D eigenvalue weighted by Crippen LogP contribution is 2.43. The van der Waals surface area contributed by atoms with Gasteiger partial charge >= 0.3 is 0 Å². The summed E-state index contributed by atoms with van der Waals surface area (Å²) in [5.74, 6) is 0.904. The fourth-order valence-corrected chi connectivity index (χ4v) is 3.48. The van der Waals surface area contributed by atoms with Crippen LogP contribution in [0.1, 0.15) is 31.2 Å². The van der Waals surface area contributed by atoms with E-state index >= 15 is 0 Å². The first-order valence-electron chi connectivity index (χ1n) is 6.29. The molecule has 2 rings (SSSR count). The van der Waals surface area contributed by atoms with Crippen molar-refractivity contribution in [1.82, 2.24) is 0 Å². The maximum Gasteiger partial charge on any atom is 0.179 e. The lowest BCUT2D eigenvalue weighted by atomic mass is 9.68. The number of hydrogen-bond acceptors (Lipinski definition) is 4. The molecule has 0 saturated heterocycles. The molecule has 5 heteroatoms. The number of hydrogen-bond donors (Lipinski definition) is 0. The minimum absolute atomic E-state index is 0.0637. The number of Topliss-reactive ketones (excluding diaryl/α,β-unsaturated/α-hetero) is 1. The number of ketones is 1. The third kappa shape index (κ3) is 2.52. The van der Waals surface area contributed by atoms with Gasteiger partial charge < -0.3 is 4.74 Å². The van der Waals surface area contributed by atoms with Gasteiger partial charge in [0.05, 0.1) is 7.11 Å². The Morgan fingerprint density at radius 3 is 2.53 bits per heavy atom. The van der Waals surface area contributed by atoms with Crippen LogP contribution in [0, 0.1) is 5.92 Å². The monoisotopic (exact) mass is 282 g/mol. The van der Waals surface area contributed by atoms with Crippen LogP contribution in [0.4, 0.5) is 0 Å². The minimum atomic E-state index is -3.30. The second-order valence-corrected chi connectivity index (χ2v) is 6.96. The zero-order valence-electron chi connectivity index (χ0n) is 11.3. The number of ether oxygens (including phenoxy) is 1. The lowest BCUT2D eigenvalue weighted by Crippen LogP contribution is -2.34. The first-order chi connectivity index (χ1) is 8.88. The largest absolute Gasteiger partial charge is 0.495 e. The standard InChI is InChI=1S/C14H18O4S/c1-4-10-11(8-12(10)15)9-5-6-14(19(3,16)17)13(7-9)18-2/h5-7,10-11H,4,8H2,1-3H3. The van der Waals surface area contributed by atoms with E-state index in [1.165, 1.54) is 7.11 Å². The fraction of sp³-hybridized carbons (Fsp3) is 0.500. The van der Waals surface area contributed by atoms with Crippen molar-refractivity contribution in [3.05, 3.63) is 23.8 Å². The minimum Gasteiger partial charge on any atom is -0.495 e. The Balaban J connectivity index is 2.38. The summed E-state index contributed by atoms with van der Waals surface area (Å²) in [6.07, 6.45) is 2.52. The van der Waals surface area contributed by atoms with Crippen LogP contribution in [0.2, 0.25) is 0 Å². The highest BCUT2D eigenvalue weighted by atomic mass is 32.2. The molecule has 0 aliphatic heterocycles. The van der Waals surface area contributed by atoms with Crippen LogP contribution < -0.4 is 4.74 Å². The van der Waals surface area contributed by atoms with E-state index in [2.05, 4.69) is 0 Å². The molecule has 0 bridgehead atoms. The maximum absolute atomic E-state index is 11.6. The molecule has 0 N–H and O–H groups in total. The van der Waals surface area contributed by atoms with Gasteiger partial charge in [0, 0.05) is 24.5 Å². The van der Waals surface area contributed by atoms with Crippen molar-refractivity contribution < 1.29 is 17.9 Å². The van der Waals surface area contributed by atoms with Gasteiger partial charge in [-0.2, -0.15) is 0 Å². The summed E-state index contributed by atoms with van der Waals surface area (Å²) in [7, 11) is -1.84. The van der Waals surface area contributed by atoms with Crippen molar-refractivity contribution >= 4 is 15.6 Å². The van der Waals surface area contributed by atoms with Gasteiger partial charge in [-0.15, -0.1) is 0 Å². The number of carbonyl (C=O) groups is 1. The van der Waals surface area contributed by atoms with E-state index in [0.717, 1.165) is 18.2 Å². The van der Waals surface area contributed by atoms with Crippen LogP contribution >= 0.6 is 0 Å². The molecule has 1 aromatic rings. The molecule has 19 heavy (non-hydrogen) atoms. The molecular formula is C14H18O4S. The third-order valence-electron chi connectivity index (χ3n) is 3.78. The van der Waals surface area contributed by atoms with E-state index < -0.39 is 9.84 Å². The normalized spacial score (nSPS) is 23.0. The van der Waals surface area contributed by atoms with E-state index in [-0.39, 0.29) is 16.7 Å². The van der Waals surface area contributed by atoms with Gasteiger partial charge in [-0.25, -0.2) is 8.42 Å². The smallest absolute Gasteiger partial charge is 0.179 e. The molecule has 1 aliphatic carbocycles. The van der Waals surface area contributed by atoms with Crippen molar-refractivity contribution in [1.29, 1.82) is 0 Å². The molecule has 1 aromatic carbocycles. The van der Waals surface area contributed by atoms with Gasteiger partial charge in [0.2, 0.25) is 0 Å². The molecule has 2 unspecified atom stereocenters. The number of sulfone groups is 1. The number of benzene rings is 1. The van der Waals surface area contributed by atoms with Crippen LogP contribution in [0.3, 0.4) is 0 Å². The average Bonchev–Trinajstić information content (AvgIpc) is 2.34. The molecule has 4 nitrogen and oxygen atoms in total. The Hall–Kier alpha value is -1.36. The van der Waals surface area contributed by atoms with Crippen LogP contribution in [0.25, 0.3) is 0 Å². The topological polar surface area (TPSA) is 60.4 Å². The van der Waals surface area contributed by atoms with Gasteiger partial charge in [0.15, 0.2) is 9.84 Å². The first-order valence-corrected chi connectivity index (χ1v) is 8.18. The summed E-state index contributed by atoms with van der Waals surface area (Å²) in [6, 6.07) is 5.10. The number of rotatable bonds is 4. The first kappa shape index (κ1) is 14.1. The Bertz CT molecular complexity index is 604. The molecule has 1 fully saturated rings. The fourth-order valence-electron chi connectivity index (χ4n) is 2.66. The van der Waals surface area contributed by atoms with Gasteiger partial charge in [-0.3, -0.25) is 4.79 Å². The molecule has 1 aliphatic rings. The molecule has 0 spiro atoms. The molecule has 0 aromatic heterocycles. The Morgan fingerprint density at radius 1 is 1.37 bits per heavy atom. The summed E-state index contributed by atoms with van der Waals surface area (Å²) >= 11 is 0. The van der Waals surface area contributed by atoms with Crippen molar-refractivity contribution in [2.24, 2.45) is 5.92 Å². The number of methoxy groups -OCH3 is 1. The number of carbonyl (C=O) groups excluding carboxylic acids is 1. The molecule has 104 valence electrons. The van der Waals surface area contributed by atoms with Gasteiger partial charge in [0.25, 0.3) is 0 Å². The van der Waals surface area contributed by atoms with E-state index in [1.54, 1.807) is 18.2 Å². The van der Waals surface area contributed by atoms with E-state index in [1.807, 2.05) is 6.92 Å². The third-order valence-corrected chi connectivity index (χ3v) is 4.91. The van der Waals surface area contributed by atoms with E-state index in [9.17, 15) is 13.2 Å². The predicted octanol–water partition coefficient (Wildman–Crippen LogP) is 2.18. The molecular weight excluding hydrogens is 264 g/mol. The van der Waals surface area contributed by atoms with Crippen molar-refractivity contribution in [3.8, 4) is 5.75 Å². The highest BCUT2D eigenvalue weighted by molar-refractivity contribution is 7.90. The van der Waals surface area contributed by atoms with Crippen LogP contribution in [-0.4, -0.2) is 27.6 Å². The quantitative estimate of drug-likeness (QED) is 0.849. The van der Waals surface area contributed by atoms with Gasteiger partial charge in [0.1, 0.15) is 16.4 Å². The maximum atomic E-state index is 11.6. The Kier molecular flexibility index (Phi) is 3.67. The second kappa shape index (κ2) is 4.96. The van der Waals surface area contributed by atoms with E-state index in [0.29, 0.717) is 18.0 Å². The summed E-state index contributed by atoms with van der Waals surface area (Å²) in [5, 5.41) is 0. The summed E-state index contributed by atoms with van der Waals surface area (Å²) in [4.78, 5) is 11.7. The van der Waals surface area contributed by atoms with Crippen molar-refractivity contribution in [3.63, 3.8) is 0 Å². The molecule has 0 amide bonds. The molecule has 0 radical (unpaired) electrons. The van der Waals surface area contributed by atoms with E-state index in [4.69, 9.17) is 4.74 Å². The molecule has 0 heterocycles. The summed E-state index contributed by atoms with van der Waals surface area (Å²) in [6.45, 7) is 2.00. The Labute approximate surface area is 113 Å². The zero-order valence-corrected chi connectivity index (χ0v) is 12.2. The van der Waals surface area contributed by atoms with Crippen LogP contribution in [0.15, 0.2) is 23.1 Å². The molecule has 2 atom stereocenters. The van der Waals surface area contributed by atoms with Crippen LogP contribution in [-0.2, 0) is 14.6 Å². The molecule has 1 saturated carbocycles. The zero-order chi connectivity index (χ0) is 14.2. The summed E-state index contributed by atoms with van der Waals surface area (Å²) < 4.78 is 28.4. The summed E-state index contributed by atoms with van der Waals surface area (Å²) in [5.41, 5.74) is 0.982. The van der Waals surface area contributed by atoms with Crippen molar-refractivity contribution in [2.45, 2.75) is 30.6 Å². The average molecular weight is 282 g/mol. The predicted molar refractivity (Wildman–Crippen MR) is 72.2 cm³/mol. The van der Waals surface area contributed by atoms with Crippen LogP contribution in [0.5, 0.6) is 5.75 Å². The highest BCUT2D eigenvalue weighted by Gasteiger charge is 2.39. The van der Waals surface area contributed by atoms with Gasteiger partial charge in [-0.1, -0.05) is 13.0 Å². The van der Waals surface area contributed by atoms with Gasteiger partial charge in [-0.05, 0) is 24.1 Å². The second-order valence-electron chi connectivity index (χ2n) is 4.97. The SMILES string of the molecule is CCC1C(=O)CC1c1ccc(S(C)(=O)=O)c(OC)c1. The van der Waals surface area contributed by atoms with Crippen molar-refractivity contribution in [2.75, 3.05) is 13.4 Å². The lowest BCUT2D eigenvalue weighted by Gasteiger charge is -2.35. The lowest BCUT2D eigenvalue weighted by molar-refractivity contribution is -0.131.